The Hall–Kier alpha value is -0.150. The molecule has 0 bridgehead atoms. The van der Waals surface area contributed by atoms with Gasteiger partial charge in [-0.25, -0.2) is 16.8 Å². The van der Waals surface area contributed by atoms with Crippen LogP contribution in [0.5, 0.6) is 0 Å². The Bertz CT molecular complexity index is 479. The Kier molecular flexibility index (Phi) is 3.90. The van der Waals surface area contributed by atoms with Crippen LogP contribution in [0.3, 0.4) is 0 Å². The maximum Gasteiger partial charge on any atom is 0.187 e. The minimum atomic E-state index is -3.25. The van der Waals surface area contributed by atoms with E-state index >= 15 is 0 Å². The van der Waals surface area contributed by atoms with E-state index in [0.29, 0.717) is 0 Å². The van der Waals surface area contributed by atoms with E-state index in [0.717, 1.165) is 0 Å². The number of alkyl halides is 1. The van der Waals surface area contributed by atoms with Crippen LogP contribution in [0, 0.1) is 0 Å². The van der Waals surface area contributed by atoms with Crippen LogP contribution in [0.4, 0.5) is 0 Å². The van der Waals surface area contributed by atoms with Crippen LogP contribution in [0.2, 0.25) is 0 Å². The summed E-state index contributed by atoms with van der Waals surface area (Å²) in [6.45, 7) is 0. The van der Waals surface area contributed by atoms with Gasteiger partial charge in [-0.1, -0.05) is 22.6 Å². The minimum Gasteiger partial charge on any atom is -0.227 e. The van der Waals surface area contributed by atoms with Gasteiger partial charge in [0.1, 0.15) is 3.76 Å². The molecule has 1 aromatic rings. The Labute approximate surface area is 97.3 Å². The summed E-state index contributed by atoms with van der Waals surface area (Å²) in [4.78, 5) is 0.264. The molecule has 7 heteroatoms. The Morgan fingerprint density at radius 2 is 1.64 bits per heavy atom. The van der Waals surface area contributed by atoms with Gasteiger partial charge in [0, 0.05) is 0 Å². The number of sulfone groups is 1. The molecule has 0 heterocycles. The molecule has 0 aliphatic heterocycles. The van der Waals surface area contributed by atoms with Crippen molar-refractivity contribution in [3.8, 4) is 0 Å². The number of thiol groups is 1. The maximum atomic E-state index is 11.3. The number of halogens is 1. The molecule has 0 amide bonds. The van der Waals surface area contributed by atoms with Crippen LogP contribution in [0.25, 0.3) is 0 Å². The minimum absolute atomic E-state index is 0.0202. The molecule has 14 heavy (non-hydrogen) atoms. The fraction of sp³-hybridized carbons (Fsp3) is 0.143. The average molecular weight is 346 g/mol. The molecule has 1 rings (SSSR count). The van der Waals surface area contributed by atoms with Crippen molar-refractivity contribution in [1.82, 2.24) is 0 Å². The molecule has 0 saturated carbocycles. The molecule has 0 aliphatic carbocycles. The van der Waals surface area contributed by atoms with Gasteiger partial charge in [-0.05, 0) is 24.3 Å². The van der Waals surface area contributed by atoms with Crippen LogP contribution in [0.15, 0.2) is 34.1 Å². The van der Waals surface area contributed by atoms with Crippen LogP contribution < -0.4 is 0 Å². The fourth-order valence-electron chi connectivity index (χ4n) is 0.838. The standard InChI is InChI=1S/C7H7IO4S2/c8-5-14(11,12)7-3-1-6(2-4-7)13(9)10/h1-4,13H,5H2. The van der Waals surface area contributed by atoms with E-state index in [2.05, 4.69) is 0 Å². The summed E-state index contributed by atoms with van der Waals surface area (Å²) >= 11 is 1.75. The van der Waals surface area contributed by atoms with E-state index in [1.165, 1.54) is 24.3 Å². The average Bonchev–Trinajstić information content (AvgIpc) is 2.18. The second-order valence-corrected chi connectivity index (χ2v) is 7.29. The highest BCUT2D eigenvalue weighted by atomic mass is 127. The summed E-state index contributed by atoms with van der Waals surface area (Å²) in [7, 11) is -5.90. The first kappa shape index (κ1) is 11.9. The largest absolute Gasteiger partial charge is 0.227 e. The number of hydrogen-bond acceptors (Lipinski definition) is 4. The summed E-state index contributed by atoms with van der Waals surface area (Å²) in [5.41, 5.74) is 0. The van der Waals surface area contributed by atoms with Crippen LogP contribution in [0.1, 0.15) is 0 Å². The maximum absolute atomic E-state index is 11.3. The molecule has 1 aromatic carbocycles. The predicted molar refractivity (Wildman–Crippen MR) is 61.1 cm³/mol. The SMILES string of the molecule is O=[SH](=O)c1ccc(S(=O)(=O)CI)cc1. The van der Waals surface area contributed by atoms with Gasteiger partial charge in [0.15, 0.2) is 20.5 Å². The van der Waals surface area contributed by atoms with E-state index in [1.807, 2.05) is 0 Å². The molecule has 0 aliphatic rings. The number of rotatable bonds is 3. The van der Waals surface area contributed by atoms with Gasteiger partial charge < -0.3 is 0 Å². The summed E-state index contributed by atoms with van der Waals surface area (Å²) in [5.74, 6) is 0. The molecule has 78 valence electrons. The van der Waals surface area contributed by atoms with Gasteiger partial charge in [0.05, 0.1) is 9.79 Å². The molecule has 0 spiro atoms. The summed E-state index contributed by atoms with van der Waals surface area (Å²) < 4.78 is 43.7. The molecule has 0 fully saturated rings. The zero-order chi connectivity index (χ0) is 10.8. The van der Waals surface area contributed by atoms with Gasteiger partial charge in [-0.3, -0.25) is 0 Å². The van der Waals surface area contributed by atoms with E-state index in [4.69, 9.17) is 0 Å². The van der Waals surface area contributed by atoms with Crippen LogP contribution >= 0.6 is 22.6 Å². The number of hydrogen-bond donors (Lipinski definition) is 1. The van der Waals surface area contributed by atoms with Crippen molar-refractivity contribution in [1.29, 1.82) is 0 Å². The zero-order valence-corrected chi connectivity index (χ0v) is 10.8. The topological polar surface area (TPSA) is 68.3 Å². The predicted octanol–water partition coefficient (Wildman–Crippen LogP) is 0.823. The first-order valence-corrected chi connectivity index (χ1v) is 7.86. The second kappa shape index (κ2) is 4.58. The quantitative estimate of drug-likeness (QED) is 0.500. The molecule has 0 unspecified atom stereocenters. The van der Waals surface area contributed by atoms with Crippen molar-refractivity contribution in [2.24, 2.45) is 0 Å². The van der Waals surface area contributed by atoms with Crippen LogP contribution in [-0.2, 0) is 20.5 Å². The van der Waals surface area contributed by atoms with Crippen molar-refractivity contribution >= 4 is 43.1 Å². The highest BCUT2D eigenvalue weighted by molar-refractivity contribution is 14.1. The van der Waals surface area contributed by atoms with E-state index in [-0.39, 0.29) is 13.6 Å². The van der Waals surface area contributed by atoms with Crippen LogP contribution in [-0.4, -0.2) is 20.6 Å². The fourth-order valence-corrected chi connectivity index (χ4v) is 2.99. The second-order valence-electron chi connectivity index (χ2n) is 2.47. The third kappa shape index (κ3) is 2.67. The van der Waals surface area contributed by atoms with Crippen molar-refractivity contribution in [3.63, 3.8) is 0 Å². The smallest absolute Gasteiger partial charge is 0.187 e. The molecular formula is C7H7IO4S2. The lowest BCUT2D eigenvalue weighted by molar-refractivity contribution is 0.600. The van der Waals surface area contributed by atoms with E-state index in [1.54, 1.807) is 22.6 Å². The monoisotopic (exact) mass is 346 g/mol. The number of benzene rings is 1. The van der Waals surface area contributed by atoms with Gasteiger partial charge in [-0.2, -0.15) is 0 Å². The van der Waals surface area contributed by atoms with Crippen molar-refractivity contribution in [2.75, 3.05) is 3.76 Å². The van der Waals surface area contributed by atoms with Crippen molar-refractivity contribution < 1.29 is 16.8 Å². The summed E-state index contributed by atoms with van der Waals surface area (Å²) in [6.07, 6.45) is 0. The molecule has 4 nitrogen and oxygen atoms in total. The van der Waals surface area contributed by atoms with Gasteiger partial charge >= 0.3 is 0 Å². The highest BCUT2D eigenvalue weighted by Crippen LogP contribution is 2.14. The van der Waals surface area contributed by atoms with E-state index in [9.17, 15) is 16.8 Å². The zero-order valence-electron chi connectivity index (χ0n) is 6.88. The van der Waals surface area contributed by atoms with Gasteiger partial charge in [0.25, 0.3) is 0 Å². The Morgan fingerprint density at radius 1 is 1.14 bits per heavy atom. The molecule has 0 aromatic heterocycles. The third-order valence-electron chi connectivity index (χ3n) is 1.55. The molecular weight excluding hydrogens is 339 g/mol. The Morgan fingerprint density at radius 3 is 2.00 bits per heavy atom. The van der Waals surface area contributed by atoms with Crippen molar-refractivity contribution in [2.45, 2.75) is 9.79 Å². The molecule has 0 saturated heterocycles. The van der Waals surface area contributed by atoms with Gasteiger partial charge in [-0.15, -0.1) is 0 Å². The first-order valence-electron chi connectivity index (χ1n) is 3.50. The normalized spacial score (nSPS) is 11.9. The van der Waals surface area contributed by atoms with E-state index < -0.39 is 20.5 Å². The third-order valence-corrected chi connectivity index (χ3v) is 6.01. The van der Waals surface area contributed by atoms with Crippen molar-refractivity contribution in [3.05, 3.63) is 24.3 Å². The highest BCUT2D eigenvalue weighted by Gasteiger charge is 2.11. The molecule has 0 N–H and O–H groups in total. The lowest BCUT2D eigenvalue weighted by Gasteiger charge is -1.99. The molecule has 0 atom stereocenters. The summed E-state index contributed by atoms with van der Waals surface area (Å²) in [6, 6.07) is 5.17. The molecule has 0 radical (unpaired) electrons. The lowest BCUT2D eigenvalue weighted by Crippen LogP contribution is -2.01. The first-order chi connectivity index (χ1) is 6.47. The lowest BCUT2D eigenvalue weighted by atomic mass is 10.4. The Balaban J connectivity index is 3.19. The summed E-state index contributed by atoms with van der Waals surface area (Å²) in [5, 5.41) is 0. The van der Waals surface area contributed by atoms with Gasteiger partial charge in [0.2, 0.25) is 0 Å².